The molecule has 1 saturated carbocycles. The van der Waals surface area contributed by atoms with E-state index in [1.807, 2.05) is 18.2 Å². The first-order chi connectivity index (χ1) is 10.1. The van der Waals surface area contributed by atoms with Gasteiger partial charge in [0.05, 0.1) is 17.7 Å². The normalized spacial score (nSPS) is 16.0. The van der Waals surface area contributed by atoms with Crippen molar-refractivity contribution in [3.63, 3.8) is 0 Å². The van der Waals surface area contributed by atoms with E-state index in [4.69, 9.17) is 5.11 Å². The maximum atomic E-state index is 11.9. The zero-order valence-corrected chi connectivity index (χ0v) is 12.8. The first kappa shape index (κ1) is 15.9. The number of thioether (sulfide) groups is 1. The standard InChI is InChI=1S/C16H21NO3S/c18-14(17-16(8-4-9-16)11-15(19)20)12-21-10-7-13-5-2-1-3-6-13/h1-3,5-6H,4,7-12H2,(H,17,18)(H,19,20). The molecule has 1 aliphatic carbocycles. The number of carbonyl (C=O) groups excluding carboxylic acids is 1. The van der Waals surface area contributed by atoms with Gasteiger partial charge >= 0.3 is 5.97 Å². The minimum absolute atomic E-state index is 0.0351. The largest absolute Gasteiger partial charge is 0.481 e. The number of rotatable bonds is 8. The van der Waals surface area contributed by atoms with Crippen molar-refractivity contribution in [3.8, 4) is 0 Å². The maximum Gasteiger partial charge on any atom is 0.305 e. The fraction of sp³-hybridized carbons (Fsp3) is 0.500. The number of benzene rings is 1. The first-order valence-electron chi connectivity index (χ1n) is 7.24. The Kier molecular flexibility index (Phi) is 5.67. The molecule has 0 radical (unpaired) electrons. The lowest BCUT2D eigenvalue weighted by atomic mass is 9.74. The fourth-order valence-electron chi connectivity index (χ4n) is 2.57. The number of carboxylic acid groups (broad SMARTS) is 1. The molecule has 1 fully saturated rings. The summed E-state index contributed by atoms with van der Waals surface area (Å²) in [7, 11) is 0. The summed E-state index contributed by atoms with van der Waals surface area (Å²) in [6, 6.07) is 10.2. The van der Waals surface area contributed by atoms with Crippen LogP contribution in [0.2, 0.25) is 0 Å². The molecule has 4 nitrogen and oxygen atoms in total. The van der Waals surface area contributed by atoms with Crippen LogP contribution in [-0.2, 0) is 16.0 Å². The van der Waals surface area contributed by atoms with Gasteiger partial charge in [0, 0.05) is 0 Å². The lowest BCUT2D eigenvalue weighted by molar-refractivity contribution is -0.140. The van der Waals surface area contributed by atoms with E-state index < -0.39 is 11.5 Å². The van der Waals surface area contributed by atoms with Gasteiger partial charge < -0.3 is 10.4 Å². The summed E-state index contributed by atoms with van der Waals surface area (Å²) in [6.45, 7) is 0. The number of hydrogen-bond donors (Lipinski definition) is 2. The predicted octanol–water partition coefficient (Wildman–Crippen LogP) is 2.48. The van der Waals surface area contributed by atoms with E-state index in [1.54, 1.807) is 11.8 Å². The van der Waals surface area contributed by atoms with Crippen LogP contribution in [0, 0.1) is 0 Å². The number of nitrogens with one attached hydrogen (secondary N) is 1. The number of carbonyl (C=O) groups is 2. The third-order valence-corrected chi connectivity index (χ3v) is 4.78. The summed E-state index contributed by atoms with van der Waals surface area (Å²) in [5.74, 6) is 0.401. The Balaban J connectivity index is 1.66. The van der Waals surface area contributed by atoms with Crippen molar-refractivity contribution in [2.75, 3.05) is 11.5 Å². The van der Waals surface area contributed by atoms with Gasteiger partial charge in [0.15, 0.2) is 0 Å². The van der Waals surface area contributed by atoms with Gasteiger partial charge in [-0.25, -0.2) is 0 Å². The molecule has 0 unspecified atom stereocenters. The Morgan fingerprint density at radius 3 is 2.52 bits per heavy atom. The van der Waals surface area contributed by atoms with Crippen LogP contribution in [-0.4, -0.2) is 34.0 Å². The number of amides is 1. The topological polar surface area (TPSA) is 66.4 Å². The molecule has 0 spiro atoms. The van der Waals surface area contributed by atoms with Crippen molar-refractivity contribution >= 4 is 23.6 Å². The molecule has 2 rings (SSSR count). The summed E-state index contributed by atoms with van der Waals surface area (Å²) < 4.78 is 0. The van der Waals surface area contributed by atoms with Crippen molar-refractivity contribution in [2.24, 2.45) is 0 Å². The van der Waals surface area contributed by atoms with Gasteiger partial charge in [-0.05, 0) is 37.0 Å². The Hall–Kier alpha value is -1.49. The predicted molar refractivity (Wildman–Crippen MR) is 84.4 cm³/mol. The lowest BCUT2D eigenvalue weighted by Crippen LogP contribution is -2.55. The quantitative estimate of drug-likeness (QED) is 0.724. The third-order valence-electron chi connectivity index (χ3n) is 3.82. The van der Waals surface area contributed by atoms with E-state index in [0.717, 1.165) is 31.4 Å². The molecule has 0 aromatic heterocycles. The highest BCUT2D eigenvalue weighted by Gasteiger charge is 2.40. The van der Waals surface area contributed by atoms with Gasteiger partial charge in [0.1, 0.15) is 0 Å². The molecular weight excluding hydrogens is 286 g/mol. The van der Waals surface area contributed by atoms with E-state index >= 15 is 0 Å². The Morgan fingerprint density at radius 2 is 1.95 bits per heavy atom. The summed E-state index contributed by atoms with van der Waals surface area (Å²) in [4.78, 5) is 22.8. The Bertz CT molecular complexity index is 486. The van der Waals surface area contributed by atoms with Crippen LogP contribution < -0.4 is 5.32 Å². The molecule has 1 amide bonds. The Labute approximate surface area is 129 Å². The van der Waals surface area contributed by atoms with Crippen LogP contribution in [0.1, 0.15) is 31.2 Å². The zero-order chi connectivity index (χ0) is 15.1. The van der Waals surface area contributed by atoms with Crippen molar-refractivity contribution in [2.45, 2.75) is 37.6 Å². The van der Waals surface area contributed by atoms with Crippen molar-refractivity contribution in [1.82, 2.24) is 5.32 Å². The van der Waals surface area contributed by atoms with Crippen LogP contribution in [0.4, 0.5) is 0 Å². The van der Waals surface area contributed by atoms with Gasteiger partial charge in [-0.1, -0.05) is 30.3 Å². The second-order valence-electron chi connectivity index (χ2n) is 5.54. The second-order valence-corrected chi connectivity index (χ2v) is 6.65. The van der Waals surface area contributed by atoms with Crippen LogP contribution in [0.25, 0.3) is 0 Å². The minimum Gasteiger partial charge on any atom is -0.481 e. The highest BCUT2D eigenvalue weighted by molar-refractivity contribution is 7.99. The molecule has 114 valence electrons. The molecule has 5 heteroatoms. The third kappa shape index (κ3) is 5.08. The number of aryl methyl sites for hydroxylation is 1. The van der Waals surface area contributed by atoms with E-state index in [1.165, 1.54) is 5.56 Å². The minimum atomic E-state index is -0.841. The SMILES string of the molecule is O=C(O)CC1(NC(=O)CSCCc2ccccc2)CCC1. The van der Waals surface area contributed by atoms with E-state index in [0.29, 0.717) is 5.75 Å². The van der Waals surface area contributed by atoms with Gasteiger partial charge in [0.25, 0.3) is 0 Å². The average molecular weight is 307 g/mol. The van der Waals surface area contributed by atoms with Crippen LogP contribution in [0.15, 0.2) is 30.3 Å². The Morgan fingerprint density at radius 1 is 1.24 bits per heavy atom. The molecule has 0 atom stereocenters. The number of carboxylic acids is 1. The first-order valence-corrected chi connectivity index (χ1v) is 8.40. The molecule has 21 heavy (non-hydrogen) atoms. The molecule has 0 heterocycles. The molecule has 1 aliphatic rings. The molecule has 0 bridgehead atoms. The van der Waals surface area contributed by atoms with Crippen LogP contribution >= 0.6 is 11.8 Å². The molecule has 1 aromatic carbocycles. The second kappa shape index (κ2) is 7.50. The summed E-state index contributed by atoms with van der Waals surface area (Å²) in [5, 5.41) is 11.8. The monoisotopic (exact) mass is 307 g/mol. The van der Waals surface area contributed by atoms with E-state index in [2.05, 4.69) is 17.4 Å². The fourth-order valence-corrected chi connectivity index (χ4v) is 3.35. The number of aliphatic carboxylic acids is 1. The van der Waals surface area contributed by atoms with Crippen LogP contribution in [0.3, 0.4) is 0 Å². The van der Waals surface area contributed by atoms with Crippen molar-refractivity contribution < 1.29 is 14.7 Å². The number of hydrogen-bond acceptors (Lipinski definition) is 3. The summed E-state index contributed by atoms with van der Waals surface area (Å²) in [6.07, 6.45) is 3.53. The molecule has 0 saturated heterocycles. The smallest absolute Gasteiger partial charge is 0.305 e. The van der Waals surface area contributed by atoms with Crippen molar-refractivity contribution in [1.29, 1.82) is 0 Å². The van der Waals surface area contributed by atoms with Gasteiger partial charge in [-0.15, -0.1) is 0 Å². The average Bonchev–Trinajstić information content (AvgIpc) is 2.42. The van der Waals surface area contributed by atoms with E-state index in [9.17, 15) is 9.59 Å². The van der Waals surface area contributed by atoms with Gasteiger partial charge in [-0.3, -0.25) is 9.59 Å². The highest BCUT2D eigenvalue weighted by Crippen LogP contribution is 2.34. The van der Waals surface area contributed by atoms with Gasteiger partial charge in [-0.2, -0.15) is 11.8 Å². The summed E-state index contributed by atoms with van der Waals surface area (Å²) in [5.41, 5.74) is 0.787. The lowest BCUT2D eigenvalue weighted by Gasteiger charge is -2.41. The van der Waals surface area contributed by atoms with Crippen LogP contribution in [0.5, 0.6) is 0 Å². The zero-order valence-electron chi connectivity index (χ0n) is 12.0. The van der Waals surface area contributed by atoms with Crippen molar-refractivity contribution in [3.05, 3.63) is 35.9 Å². The molecule has 0 aliphatic heterocycles. The maximum absolute atomic E-state index is 11.9. The molecule has 1 aromatic rings. The van der Waals surface area contributed by atoms with Gasteiger partial charge in [0.2, 0.25) is 5.91 Å². The summed E-state index contributed by atoms with van der Waals surface area (Å²) >= 11 is 1.59. The van der Waals surface area contributed by atoms with E-state index in [-0.39, 0.29) is 12.3 Å². The highest BCUT2D eigenvalue weighted by atomic mass is 32.2. The molecular formula is C16H21NO3S. The molecule has 2 N–H and O–H groups in total.